The summed E-state index contributed by atoms with van der Waals surface area (Å²) >= 11 is 11.8. The highest BCUT2D eigenvalue weighted by atomic mass is 35.5. The smallest absolute Gasteiger partial charge is 0.226 e. The molecule has 0 saturated carbocycles. The van der Waals surface area contributed by atoms with E-state index in [4.69, 9.17) is 23.8 Å². The molecule has 1 fully saturated rings. The molecule has 6 nitrogen and oxygen atoms in total. The van der Waals surface area contributed by atoms with Gasteiger partial charge in [0.15, 0.2) is 5.11 Å². The first-order valence-corrected chi connectivity index (χ1v) is 12.7. The molecule has 1 aliphatic heterocycles. The molecule has 2 N–H and O–H groups in total. The SMILES string of the molecule is Cc1ccccc1NC(=O)CCN1C(=S)NC(c2ccccn2)C1c1cccn1-c1ccc(F)c(Cl)c1. The number of carbonyl (C=O) groups excluding carboxylic acids is 1. The lowest BCUT2D eigenvalue weighted by Crippen LogP contribution is -2.33. The summed E-state index contributed by atoms with van der Waals surface area (Å²) in [6.07, 6.45) is 3.89. The Bertz CT molecular complexity index is 1440. The van der Waals surface area contributed by atoms with Crippen LogP contribution in [-0.2, 0) is 4.79 Å². The first kappa shape index (κ1) is 24.9. The van der Waals surface area contributed by atoms with Crippen molar-refractivity contribution in [2.75, 3.05) is 11.9 Å². The van der Waals surface area contributed by atoms with Crippen molar-refractivity contribution in [2.24, 2.45) is 0 Å². The maximum atomic E-state index is 13.9. The molecule has 2 aromatic heterocycles. The zero-order valence-corrected chi connectivity index (χ0v) is 21.6. The van der Waals surface area contributed by atoms with Crippen molar-refractivity contribution < 1.29 is 9.18 Å². The van der Waals surface area contributed by atoms with Gasteiger partial charge in [-0.1, -0.05) is 35.9 Å². The second-order valence-electron chi connectivity index (χ2n) is 8.83. The van der Waals surface area contributed by atoms with Crippen LogP contribution in [0.1, 0.15) is 35.5 Å². The number of thiocarbonyl (C=S) groups is 1. The number of pyridine rings is 1. The van der Waals surface area contributed by atoms with Crippen LogP contribution < -0.4 is 10.6 Å². The quantitative estimate of drug-likeness (QED) is 0.286. The van der Waals surface area contributed by atoms with E-state index in [9.17, 15) is 9.18 Å². The summed E-state index contributed by atoms with van der Waals surface area (Å²) in [5, 5.41) is 6.98. The van der Waals surface area contributed by atoms with E-state index in [1.54, 1.807) is 18.3 Å². The van der Waals surface area contributed by atoms with Gasteiger partial charge in [-0.15, -0.1) is 0 Å². The number of aromatic nitrogens is 2. The summed E-state index contributed by atoms with van der Waals surface area (Å²) in [5.74, 6) is -0.576. The van der Waals surface area contributed by atoms with E-state index in [1.165, 1.54) is 6.07 Å². The molecular weight excluding hydrogens is 509 g/mol. The Labute approximate surface area is 225 Å². The molecule has 1 amide bonds. The molecule has 1 saturated heterocycles. The number of hydrogen-bond donors (Lipinski definition) is 2. The summed E-state index contributed by atoms with van der Waals surface area (Å²) in [6.45, 7) is 2.35. The number of nitrogens with one attached hydrogen (secondary N) is 2. The number of rotatable bonds is 7. The molecule has 2 unspecified atom stereocenters. The highest BCUT2D eigenvalue weighted by Gasteiger charge is 2.41. The number of halogens is 2. The van der Waals surface area contributed by atoms with Crippen molar-refractivity contribution in [2.45, 2.75) is 25.4 Å². The van der Waals surface area contributed by atoms with Crippen molar-refractivity contribution in [1.82, 2.24) is 19.8 Å². The molecule has 3 heterocycles. The molecule has 2 atom stereocenters. The van der Waals surface area contributed by atoms with Gasteiger partial charge >= 0.3 is 0 Å². The highest BCUT2D eigenvalue weighted by Crippen LogP contribution is 2.39. The molecule has 1 aliphatic rings. The Morgan fingerprint density at radius 1 is 1.14 bits per heavy atom. The maximum absolute atomic E-state index is 13.9. The number of para-hydroxylation sites is 1. The van der Waals surface area contributed by atoms with Crippen LogP contribution >= 0.6 is 23.8 Å². The fraction of sp³-hybridized carbons (Fsp3) is 0.179. The van der Waals surface area contributed by atoms with Crippen molar-refractivity contribution in [3.05, 3.63) is 113 Å². The molecule has 0 aliphatic carbocycles. The van der Waals surface area contributed by atoms with Gasteiger partial charge in [0.25, 0.3) is 0 Å². The first-order chi connectivity index (χ1) is 17.9. The van der Waals surface area contributed by atoms with Crippen molar-refractivity contribution in [3.63, 3.8) is 0 Å². The van der Waals surface area contributed by atoms with E-state index >= 15 is 0 Å². The lowest BCUT2D eigenvalue weighted by molar-refractivity contribution is -0.116. The monoisotopic (exact) mass is 533 g/mol. The summed E-state index contributed by atoms with van der Waals surface area (Å²) in [6, 6.07) is 21.4. The Kier molecular flexibility index (Phi) is 7.21. The van der Waals surface area contributed by atoms with Gasteiger partial charge in [0, 0.05) is 42.4 Å². The van der Waals surface area contributed by atoms with Crippen LogP contribution in [0.15, 0.2) is 85.2 Å². The molecule has 0 radical (unpaired) electrons. The number of amides is 1. The summed E-state index contributed by atoms with van der Waals surface area (Å²) in [4.78, 5) is 19.4. The van der Waals surface area contributed by atoms with Crippen LogP contribution in [0.25, 0.3) is 5.69 Å². The largest absolute Gasteiger partial charge is 0.352 e. The second-order valence-corrected chi connectivity index (χ2v) is 9.63. The minimum atomic E-state index is -0.476. The molecule has 4 aromatic rings. The van der Waals surface area contributed by atoms with Gasteiger partial charge in [0.2, 0.25) is 5.91 Å². The van der Waals surface area contributed by atoms with Crippen molar-refractivity contribution in [3.8, 4) is 5.69 Å². The summed E-state index contributed by atoms with van der Waals surface area (Å²) < 4.78 is 15.8. The Morgan fingerprint density at radius 3 is 2.70 bits per heavy atom. The third-order valence-electron chi connectivity index (χ3n) is 6.46. The number of anilines is 1. The fourth-order valence-corrected chi connectivity index (χ4v) is 5.13. The lowest BCUT2D eigenvalue weighted by atomic mass is 10.0. The van der Waals surface area contributed by atoms with Crippen LogP contribution in [-0.4, -0.2) is 32.0 Å². The van der Waals surface area contributed by atoms with Crippen molar-refractivity contribution >= 4 is 40.5 Å². The van der Waals surface area contributed by atoms with Crippen LogP contribution in [0.2, 0.25) is 5.02 Å². The van der Waals surface area contributed by atoms with E-state index in [0.29, 0.717) is 11.7 Å². The number of benzene rings is 2. The fourth-order valence-electron chi connectivity index (χ4n) is 4.62. The van der Waals surface area contributed by atoms with Crippen LogP contribution in [0.4, 0.5) is 10.1 Å². The predicted octanol–water partition coefficient (Wildman–Crippen LogP) is 5.97. The Balaban J connectivity index is 1.46. The standard InChI is InChI=1S/C28H25ClFN5OS/c1-18-7-2-3-8-22(18)32-25(36)13-16-35-27(26(33-28(35)37)23-9-4-5-14-31-23)24-10-6-15-34(24)19-11-12-21(30)20(29)17-19/h2-12,14-15,17,26-27H,13,16H2,1H3,(H,32,36)(H,33,37). The predicted molar refractivity (Wildman–Crippen MR) is 147 cm³/mol. The van der Waals surface area contributed by atoms with Gasteiger partial charge in [-0.2, -0.15) is 0 Å². The number of carbonyl (C=O) groups is 1. The van der Waals surface area contributed by atoms with Crippen molar-refractivity contribution in [1.29, 1.82) is 0 Å². The molecule has 5 rings (SSSR count). The summed E-state index contributed by atoms with van der Waals surface area (Å²) in [7, 11) is 0. The number of aryl methyl sites for hydroxylation is 1. The van der Waals surface area contributed by atoms with E-state index in [0.717, 1.165) is 28.3 Å². The minimum absolute atomic E-state index is 0.0447. The van der Waals surface area contributed by atoms with Gasteiger partial charge in [0.1, 0.15) is 5.82 Å². The number of hydrogen-bond acceptors (Lipinski definition) is 3. The van der Waals surface area contributed by atoms with E-state index < -0.39 is 5.82 Å². The van der Waals surface area contributed by atoms with Gasteiger partial charge in [-0.05, 0) is 73.2 Å². The average Bonchev–Trinajstić information content (AvgIpc) is 3.50. The zero-order chi connectivity index (χ0) is 25.9. The summed E-state index contributed by atoms with van der Waals surface area (Å²) in [5.41, 5.74) is 4.25. The molecule has 37 heavy (non-hydrogen) atoms. The number of nitrogens with zero attached hydrogens (tertiary/aromatic N) is 3. The molecule has 188 valence electrons. The molecule has 0 spiro atoms. The van der Waals surface area contributed by atoms with E-state index in [-0.39, 0.29) is 29.4 Å². The van der Waals surface area contributed by atoms with Gasteiger partial charge in [-0.3, -0.25) is 9.78 Å². The molecule has 9 heteroatoms. The van der Waals surface area contributed by atoms with E-state index in [2.05, 4.69) is 15.6 Å². The van der Waals surface area contributed by atoms with Gasteiger partial charge < -0.3 is 20.1 Å². The van der Waals surface area contributed by atoms with E-state index in [1.807, 2.05) is 77.2 Å². The highest BCUT2D eigenvalue weighted by molar-refractivity contribution is 7.80. The maximum Gasteiger partial charge on any atom is 0.226 e. The molecule has 2 aromatic carbocycles. The zero-order valence-electron chi connectivity index (χ0n) is 20.1. The molecular formula is C28H25ClFN5OS. The average molecular weight is 534 g/mol. The lowest BCUT2D eigenvalue weighted by Gasteiger charge is -2.29. The van der Waals surface area contributed by atoms with Crippen LogP contribution in [0, 0.1) is 12.7 Å². The van der Waals surface area contributed by atoms with Crippen LogP contribution in [0.3, 0.4) is 0 Å². The van der Waals surface area contributed by atoms with Gasteiger partial charge in [0.05, 0.1) is 22.8 Å². The first-order valence-electron chi connectivity index (χ1n) is 11.9. The van der Waals surface area contributed by atoms with Gasteiger partial charge in [-0.25, -0.2) is 4.39 Å². The van der Waals surface area contributed by atoms with Crippen LogP contribution in [0.5, 0.6) is 0 Å². The third kappa shape index (κ3) is 5.21. The Morgan fingerprint density at radius 2 is 1.95 bits per heavy atom. The topological polar surface area (TPSA) is 62.2 Å². The Hall–Kier alpha value is -3.75. The second kappa shape index (κ2) is 10.7. The third-order valence-corrected chi connectivity index (χ3v) is 7.10. The normalized spacial score (nSPS) is 17.1. The minimum Gasteiger partial charge on any atom is -0.352 e. The molecule has 0 bridgehead atoms.